The lowest BCUT2D eigenvalue weighted by Gasteiger charge is -2.07. The maximum atomic E-state index is 11.9. The van der Waals surface area contributed by atoms with Gasteiger partial charge in [-0.3, -0.25) is 4.79 Å². The fourth-order valence-corrected chi connectivity index (χ4v) is 1.71. The lowest BCUT2D eigenvalue weighted by molar-refractivity contribution is -0.112. The van der Waals surface area contributed by atoms with Crippen LogP contribution in [-0.2, 0) is 9.53 Å². The standard InChI is InChI=1S/C14H20N2O3/c1-5-7-9(3)13(17)16-11-8-15-10(4)12(11)14(18)19-6-2/h7-8,15H,5-6H2,1-4H3,(H,16,17)/b9-7+. The van der Waals surface area contributed by atoms with Crippen molar-refractivity contribution in [3.05, 3.63) is 29.1 Å². The average molecular weight is 264 g/mol. The number of aromatic amines is 1. The van der Waals surface area contributed by atoms with Gasteiger partial charge in [-0.1, -0.05) is 13.0 Å². The van der Waals surface area contributed by atoms with Crippen molar-refractivity contribution in [2.45, 2.75) is 34.1 Å². The highest BCUT2D eigenvalue weighted by molar-refractivity contribution is 6.07. The maximum absolute atomic E-state index is 11.9. The summed E-state index contributed by atoms with van der Waals surface area (Å²) in [5.41, 5.74) is 2.12. The number of nitrogens with one attached hydrogen (secondary N) is 2. The number of amides is 1. The van der Waals surface area contributed by atoms with Gasteiger partial charge in [0.25, 0.3) is 5.91 Å². The molecule has 0 aliphatic rings. The van der Waals surface area contributed by atoms with Crippen LogP contribution in [0.3, 0.4) is 0 Å². The van der Waals surface area contributed by atoms with Gasteiger partial charge in [0.2, 0.25) is 0 Å². The number of aromatic nitrogens is 1. The molecule has 0 radical (unpaired) electrons. The molecule has 5 nitrogen and oxygen atoms in total. The Morgan fingerprint density at radius 3 is 2.68 bits per heavy atom. The Balaban J connectivity index is 2.94. The van der Waals surface area contributed by atoms with E-state index in [-0.39, 0.29) is 5.91 Å². The summed E-state index contributed by atoms with van der Waals surface area (Å²) in [6.45, 7) is 7.50. The van der Waals surface area contributed by atoms with E-state index in [0.29, 0.717) is 29.1 Å². The van der Waals surface area contributed by atoms with E-state index in [4.69, 9.17) is 4.74 Å². The first-order valence-electron chi connectivity index (χ1n) is 6.34. The number of rotatable bonds is 5. The zero-order valence-corrected chi connectivity index (χ0v) is 11.8. The molecule has 0 spiro atoms. The minimum atomic E-state index is -0.436. The summed E-state index contributed by atoms with van der Waals surface area (Å²) in [6, 6.07) is 0. The van der Waals surface area contributed by atoms with Gasteiger partial charge in [-0.05, 0) is 27.2 Å². The number of anilines is 1. The third-order valence-electron chi connectivity index (χ3n) is 2.67. The molecule has 0 bridgehead atoms. The first-order valence-corrected chi connectivity index (χ1v) is 6.34. The van der Waals surface area contributed by atoms with Gasteiger partial charge in [0.05, 0.1) is 12.3 Å². The van der Waals surface area contributed by atoms with Crippen LogP contribution >= 0.6 is 0 Å². The number of allylic oxidation sites excluding steroid dienone is 1. The molecule has 1 aromatic rings. The molecule has 0 unspecified atom stereocenters. The van der Waals surface area contributed by atoms with Gasteiger partial charge in [0.1, 0.15) is 5.56 Å². The quantitative estimate of drug-likeness (QED) is 0.634. The molecule has 0 saturated heterocycles. The predicted molar refractivity (Wildman–Crippen MR) is 74.2 cm³/mol. The first-order chi connectivity index (χ1) is 9.01. The van der Waals surface area contributed by atoms with Crippen LogP contribution < -0.4 is 5.32 Å². The highest BCUT2D eigenvalue weighted by Crippen LogP contribution is 2.21. The Kier molecular flexibility index (Phi) is 5.36. The second-order valence-electron chi connectivity index (χ2n) is 4.17. The largest absolute Gasteiger partial charge is 0.462 e. The molecular weight excluding hydrogens is 244 g/mol. The van der Waals surface area contributed by atoms with Crippen molar-refractivity contribution in [3.8, 4) is 0 Å². The summed E-state index contributed by atoms with van der Waals surface area (Å²) in [5.74, 6) is -0.653. The van der Waals surface area contributed by atoms with Gasteiger partial charge in [0.15, 0.2) is 0 Å². The molecule has 0 aromatic carbocycles. The van der Waals surface area contributed by atoms with Crippen molar-refractivity contribution in [3.63, 3.8) is 0 Å². The highest BCUT2D eigenvalue weighted by atomic mass is 16.5. The van der Waals surface area contributed by atoms with Gasteiger partial charge < -0.3 is 15.0 Å². The smallest absolute Gasteiger partial charge is 0.342 e. The van der Waals surface area contributed by atoms with E-state index in [9.17, 15) is 9.59 Å². The zero-order chi connectivity index (χ0) is 14.4. The molecule has 0 aliphatic heterocycles. The molecule has 104 valence electrons. The van der Waals surface area contributed by atoms with Crippen molar-refractivity contribution >= 4 is 17.6 Å². The number of esters is 1. The van der Waals surface area contributed by atoms with E-state index in [1.54, 1.807) is 27.0 Å². The third kappa shape index (κ3) is 3.71. The number of ether oxygens (including phenoxy) is 1. The second-order valence-corrected chi connectivity index (χ2v) is 4.17. The molecule has 0 fully saturated rings. The molecule has 5 heteroatoms. The Hall–Kier alpha value is -2.04. The molecule has 1 rings (SSSR count). The molecule has 1 amide bonds. The molecule has 19 heavy (non-hydrogen) atoms. The first kappa shape index (κ1) is 15.0. The van der Waals surface area contributed by atoms with E-state index in [0.717, 1.165) is 6.42 Å². The van der Waals surface area contributed by atoms with Crippen molar-refractivity contribution in [2.24, 2.45) is 0 Å². The minimum absolute atomic E-state index is 0.216. The third-order valence-corrected chi connectivity index (χ3v) is 2.67. The summed E-state index contributed by atoms with van der Waals surface area (Å²) in [4.78, 5) is 26.6. The Morgan fingerprint density at radius 2 is 2.11 bits per heavy atom. The fourth-order valence-electron chi connectivity index (χ4n) is 1.71. The number of carbonyl (C=O) groups is 2. The van der Waals surface area contributed by atoms with Crippen molar-refractivity contribution in [1.82, 2.24) is 4.98 Å². The van der Waals surface area contributed by atoms with Gasteiger partial charge >= 0.3 is 5.97 Å². The van der Waals surface area contributed by atoms with Crippen molar-refractivity contribution in [1.29, 1.82) is 0 Å². The summed E-state index contributed by atoms with van der Waals surface area (Å²) < 4.78 is 4.97. The van der Waals surface area contributed by atoms with Crippen LogP contribution in [-0.4, -0.2) is 23.5 Å². The number of H-pyrrole nitrogens is 1. The van der Waals surface area contributed by atoms with E-state index < -0.39 is 5.97 Å². The van der Waals surface area contributed by atoms with Crippen LogP contribution in [0.5, 0.6) is 0 Å². The molecule has 1 heterocycles. The summed E-state index contributed by atoms with van der Waals surface area (Å²) in [6.07, 6.45) is 4.22. The van der Waals surface area contributed by atoms with Crippen molar-refractivity contribution in [2.75, 3.05) is 11.9 Å². The molecule has 2 N–H and O–H groups in total. The number of hydrogen-bond acceptors (Lipinski definition) is 3. The topological polar surface area (TPSA) is 71.2 Å². The van der Waals surface area contributed by atoms with E-state index in [1.807, 2.05) is 13.0 Å². The minimum Gasteiger partial charge on any atom is -0.462 e. The lowest BCUT2D eigenvalue weighted by atomic mass is 10.2. The number of aryl methyl sites for hydroxylation is 1. The fraction of sp³-hybridized carbons (Fsp3) is 0.429. The molecular formula is C14H20N2O3. The van der Waals surface area contributed by atoms with E-state index in [1.165, 1.54) is 0 Å². The normalized spacial score (nSPS) is 11.3. The Bertz CT molecular complexity index is 501. The van der Waals surface area contributed by atoms with Crippen LogP contribution in [0, 0.1) is 6.92 Å². The molecule has 0 aliphatic carbocycles. The Labute approximate surface area is 113 Å². The second kappa shape index (κ2) is 6.78. The van der Waals surface area contributed by atoms with E-state index >= 15 is 0 Å². The van der Waals surface area contributed by atoms with Gasteiger partial charge in [-0.25, -0.2) is 4.79 Å². The van der Waals surface area contributed by atoms with Crippen LogP contribution in [0.25, 0.3) is 0 Å². The SMILES string of the molecule is CC/C=C(\C)C(=O)Nc1c[nH]c(C)c1C(=O)OCC. The van der Waals surface area contributed by atoms with Gasteiger partial charge in [0, 0.05) is 17.5 Å². The molecule has 0 atom stereocenters. The zero-order valence-electron chi connectivity index (χ0n) is 11.8. The monoisotopic (exact) mass is 264 g/mol. The predicted octanol–water partition coefficient (Wildman–Crippen LogP) is 2.79. The lowest BCUT2D eigenvalue weighted by Crippen LogP contribution is -2.15. The summed E-state index contributed by atoms with van der Waals surface area (Å²) in [5, 5.41) is 2.72. The summed E-state index contributed by atoms with van der Waals surface area (Å²) in [7, 11) is 0. The number of carbonyl (C=O) groups excluding carboxylic acids is 2. The number of hydrogen-bond donors (Lipinski definition) is 2. The summed E-state index contributed by atoms with van der Waals surface area (Å²) >= 11 is 0. The maximum Gasteiger partial charge on any atom is 0.342 e. The molecule has 0 saturated carbocycles. The van der Waals surface area contributed by atoms with Crippen LogP contribution in [0.2, 0.25) is 0 Å². The average Bonchev–Trinajstić information content (AvgIpc) is 2.71. The van der Waals surface area contributed by atoms with Crippen LogP contribution in [0.4, 0.5) is 5.69 Å². The molecule has 1 aromatic heterocycles. The van der Waals surface area contributed by atoms with Crippen LogP contribution in [0.1, 0.15) is 43.2 Å². The Morgan fingerprint density at radius 1 is 1.42 bits per heavy atom. The van der Waals surface area contributed by atoms with Crippen LogP contribution in [0.15, 0.2) is 17.8 Å². The highest BCUT2D eigenvalue weighted by Gasteiger charge is 2.19. The van der Waals surface area contributed by atoms with Gasteiger partial charge in [-0.15, -0.1) is 0 Å². The van der Waals surface area contributed by atoms with E-state index in [2.05, 4.69) is 10.3 Å². The van der Waals surface area contributed by atoms with Gasteiger partial charge in [-0.2, -0.15) is 0 Å². The van der Waals surface area contributed by atoms with Crippen molar-refractivity contribution < 1.29 is 14.3 Å².